The third-order valence-electron chi connectivity index (χ3n) is 2.72. The number of nitrogen functional groups attached to an aromatic ring is 1. The zero-order valence-corrected chi connectivity index (χ0v) is 12.1. The van der Waals surface area contributed by atoms with Gasteiger partial charge in [-0.25, -0.2) is 17.5 Å². The first-order chi connectivity index (χ1) is 9.22. The van der Waals surface area contributed by atoms with Crippen molar-refractivity contribution in [2.45, 2.75) is 18.7 Å². The maximum Gasteiger partial charge on any atom is 0.265 e. The number of halogens is 2. The van der Waals surface area contributed by atoms with Crippen molar-refractivity contribution in [2.24, 2.45) is 0 Å². The zero-order valence-electron chi connectivity index (χ0n) is 10.6. The summed E-state index contributed by atoms with van der Waals surface area (Å²) < 4.78 is 44.6. The van der Waals surface area contributed by atoms with Gasteiger partial charge in [-0.2, -0.15) is 0 Å². The molecule has 0 bridgehead atoms. The first-order valence-corrected chi connectivity index (χ1v) is 7.28. The highest BCUT2D eigenvalue weighted by molar-refractivity contribution is 7.92. The molecule has 1 aromatic carbocycles. The predicted octanol–water partition coefficient (Wildman–Crippen LogP) is 2.47. The van der Waals surface area contributed by atoms with Gasteiger partial charge in [-0.05, 0) is 26.0 Å². The minimum atomic E-state index is -4.05. The minimum Gasteiger partial charge on any atom is -0.396 e. The molecule has 6 nitrogen and oxygen atoms in total. The topological polar surface area (TPSA) is 98.2 Å². The fourth-order valence-corrected chi connectivity index (χ4v) is 3.04. The van der Waals surface area contributed by atoms with Gasteiger partial charge in [0.15, 0.2) is 0 Å². The Hall–Kier alpha value is -1.80. The number of nitrogens with one attached hydrogen (secondary N) is 1. The summed E-state index contributed by atoms with van der Waals surface area (Å²) in [6.45, 7) is 3.31. The number of aryl methyl sites for hydroxylation is 1. The molecule has 9 heteroatoms. The Kier molecular flexibility index (Phi) is 3.61. The van der Waals surface area contributed by atoms with Gasteiger partial charge in [-0.15, -0.1) is 0 Å². The van der Waals surface area contributed by atoms with E-state index in [-0.39, 0.29) is 21.5 Å². The Morgan fingerprint density at radius 2 is 2.05 bits per heavy atom. The van der Waals surface area contributed by atoms with Gasteiger partial charge in [0.2, 0.25) is 5.88 Å². The number of anilines is 2. The molecular formula is C11H11ClFN3O3S. The van der Waals surface area contributed by atoms with Crippen molar-refractivity contribution in [1.82, 2.24) is 5.16 Å². The molecule has 0 atom stereocenters. The first kappa shape index (κ1) is 14.6. The molecule has 3 N–H and O–H groups in total. The van der Waals surface area contributed by atoms with Crippen molar-refractivity contribution in [3.63, 3.8) is 0 Å². The molecule has 1 aromatic heterocycles. The van der Waals surface area contributed by atoms with Gasteiger partial charge in [0.25, 0.3) is 10.0 Å². The number of sulfonamides is 1. The molecule has 2 aromatic rings. The van der Waals surface area contributed by atoms with E-state index >= 15 is 0 Å². The molecule has 0 amide bonds. The molecule has 0 radical (unpaired) electrons. The highest BCUT2D eigenvalue weighted by Crippen LogP contribution is 2.29. The van der Waals surface area contributed by atoms with Crippen LogP contribution in [-0.2, 0) is 10.0 Å². The Balaban J connectivity index is 2.46. The van der Waals surface area contributed by atoms with Crippen molar-refractivity contribution >= 4 is 33.2 Å². The van der Waals surface area contributed by atoms with Crippen molar-refractivity contribution in [2.75, 3.05) is 10.5 Å². The summed E-state index contributed by atoms with van der Waals surface area (Å²) >= 11 is 5.74. The number of hydrogen-bond acceptors (Lipinski definition) is 5. The van der Waals surface area contributed by atoms with Crippen LogP contribution in [0.3, 0.4) is 0 Å². The van der Waals surface area contributed by atoms with Crippen molar-refractivity contribution in [3.05, 3.63) is 34.2 Å². The average molecular weight is 320 g/mol. The molecule has 0 saturated carbocycles. The third kappa shape index (κ3) is 2.56. The van der Waals surface area contributed by atoms with Crippen LogP contribution in [0.5, 0.6) is 0 Å². The lowest BCUT2D eigenvalue weighted by atomic mass is 10.3. The molecule has 20 heavy (non-hydrogen) atoms. The van der Waals surface area contributed by atoms with Gasteiger partial charge in [0.05, 0.1) is 16.4 Å². The van der Waals surface area contributed by atoms with Crippen LogP contribution in [0.25, 0.3) is 0 Å². The molecule has 0 aliphatic rings. The average Bonchev–Trinajstić information content (AvgIpc) is 2.65. The summed E-state index contributed by atoms with van der Waals surface area (Å²) in [6.07, 6.45) is 0. The Morgan fingerprint density at radius 3 is 2.60 bits per heavy atom. The van der Waals surface area contributed by atoms with E-state index in [2.05, 4.69) is 9.88 Å². The number of rotatable bonds is 3. The Morgan fingerprint density at radius 1 is 1.40 bits per heavy atom. The number of nitrogens with zero attached hydrogens (tertiary/aromatic N) is 1. The van der Waals surface area contributed by atoms with Gasteiger partial charge in [-0.3, -0.25) is 0 Å². The molecule has 0 saturated heterocycles. The van der Waals surface area contributed by atoms with Gasteiger partial charge < -0.3 is 10.3 Å². The third-order valence-corrected chi connectivity index (χ3v) is 4.52. The lowest BCUT2D eigenvalue weighted by Crippen LogP contribution is -2.14. The highest BCUT2D eigenvalue weighted by atomic mass is 35.5. The number of nitrogens with two attached hydrogens (primary N) is 1. The van der Waals surface area contributed by atoms with E-state index in [1.165, 1.54) is 0 Å². The van der Waals surface area contributed by atoms with E-state index in [0.29, 0.717) is 11.3 Å². The summed E-state index contributed by atoms with van der Waals surface area (Å²) in [6, 6.07) is 1.78. The number of aromatic nitrogens is 1. The smallest absolute Gasteiger partial charge is 0.265 e. The second-order valence-corrected chi connectivity index (χ2v) is 6.19. The molecule has 108 valence electrons. The monoisotopic (exact) mass is 319 g/mol. The SMILES string of the molecule is Cc1noc(NS(=O)(=O)c2cc(N)c(F)cc2Cl)c1C. The molecule has 0 unspecified atom stereocenters. The van der Waals surface area contributed by atoms with E-state index < -0.39 is 15.8 Å². The van der Waals surface area contributed by atoms with E-state index in [9.17, 15) is 12.8 Å². The molecule has 0 spiro atoms. The van der Waals surface area contributed by atoms with Crippen LogP contribution in [0.15, 0.2) is 21.6 Å². The normalized spacial score (nSPS) is 11.6. The number of benzene rings is 1. The van der Waals surface area contributed by atoms with Crippen molar-refractivity contribution in [3.8, 4) is 0 Å². The highest BCUT2D eigenvalue weighted by Gasteiger charge is 2.23. The largest absolute Gasteiger partial charge is 0.396 e. The van der Waals surface area contributed by atoms with Gasteiger partial charge in [0.1, 0.15) is 10.7 Å². The fraction of sp³-hybridized carbons (Fsp3) is 0.182. The lowest BCUT2D eigenvalue weighted by Gasteiger charge is -2.09. The van der Waals surface area contributed by atoms with Gasteiger partial charge >= 0.3 is 0 Å². The van der Waals surface area contributed by atoms with Crippen molar-refractivity contribution < 1.29 is 17.3 Å². The first-order valence-electron chi connectivity index (χ1n) is 5.42. The number of hydrogen-bond donors (Lipinski definition) is 2. The molecular weight excluding hydrogens is 309 g/mol. The van der Waals surface area contributed by atoms with E-state index in [1.807, 2.05) is 0 Å². The summed E-state index contributed by atoms with van der Waals surface area (Å²) in [4.78, 5) is -0.341. The second-order valence-electron chi connectivity index (χ2n) is 4.13. The van der Waals surface area contributed by atoms with Crippen LogP contribution in [-0.4, -0.2) is 13.6 Å². The van der Waals surface area contributed by atoms with Crippen LogP contribution in [0, 0.1) is 19.7 Å². The van der Waals surface area contributed by atoms with Gasteiger partial charge in [0, 0.05) is 5.56 Å². The van der Waals surface area contributed by atoms with Crippen LogP contribution >= 0.6 is 11.6 Å². The summed E-state index contributed by atoms with van der Waals surface area (Å²) in [5.41, 5.74) is 6.12. The standard InChI is InChI=1S/C11H11ClFN3O3S/c1-5-6(2)15-19-11(5)16-20(17,18)10-4-9(14)8(13)3-7(10)12/h3-4,16H,14H2,1-2H3. The lowest BCUT2D eigenvalue weighted by molar-refractivity contribution is 0.430. The fourth-order valence-electron chi connectivity index (χ4n) is 1.44. The van der Waals surface area contributed by atoms with E-state index in [4.69, 9.17) is 21.9 Å². The molecule has 0 aliphatic heterocycles. The van der Waals surface area contributed by atoms with E-state index in [0.717, 1.165) is 12.1 Å². The van der Waals surface area contributed by atoms with Crippen molar-refractivity contribution in [1.29, 1.82) is 0 Å². The quantitative estimate of drug-likeness (QED) is 0.847. The summed E-state index contributed by atoms with van der Waals surface area (Å²) in [5, 5.41) is 3.35. The molecule has 2 rings (SSSR count). The van der Waals surface area contributed by atoms with Crippen LogP contribution < -0.4 is 10.5 Å². The molecule has 1 heterocycles. The molecule has 0 aliphatic carbocycles. The van der Waals surface area contributed by atoms with Gasteiger partial charge in [-0.1, -0.05) is 16.8 Å². The second kappa shape index (κ2) is 4.95. The van der Waals surface area contributed by atoms with Crippen LogP contribution in [0.4, 0.5) is 16.0 Å². The molecule has 0 fully saturated rings. The summed E-state index contributed by atoms with van der Waals surface area (Å²) in [7, 11) is -4.05. The maximum absolute atomic E-state index is 13.2. The van der Waals surface area contributed by atoms with E-state index in [1.54, 1.807) is 13.8 Å². The van der Waals surface area contributed by atoms with Crippen LogP contribution in [0.1, 0.15) is 11.3 Å². The summed E-state index contributed by atoms with van der Waals surface area (Å²) in [5.74, 6) is -0.817. The zero-order chi connectivity index (χ0) is 15.1. The van der Waals surface area contributed by atoms with Crippen LogP contribution in [0.2, 0.25) is 5.02 Å². The Labute approximate surface area is 119 Å². The Bertz CT molecular complexity index is 773. The predicted molar refractivity (Wildman–Crippen MR) is 72.6 cm³/mol. The minimum absolute atomic E-state index is 0.0264. The maximum atomic E-state index is 13.2.